The summed E-state index contributed by atoms with van der Waals surface area (Å²) >= 11 is 0. The number of unbranched alkanes of at least 4 members (excludes halogenated alkanes) is 23. The standard InChI is InChI=1S/C40H78NO8P/c1-4-6-8-10-12-14-16-17-18-19-20-21-23-24-26-28-30-32-39(42)46-36-38(37-48-50(44,45)47-35-34-41-3)49-40(43)33-31-29-27-25-22-15-13-11-9-7-5-2/h11,13,38,41H,4-10,12,14-37H2,1-3H3,(H,44,45)/b13-11-. The number of hydrogen-bond donors (Lipinski definition) is 2. The number of allylic oxidation sites excluding steroid dienone is 2. The Kier molecular flexibility index (Phi) is 36.6. The van der Waals surface area contributed by atoms with Crippen LogP contribution in [0.5, 0.6) is 0 Å². The van der Waals surface area contributed by atoms with Crippen LogP contribution in [0.2, 0.25) is 0 Å². The van der Waals surface area contributed by atoms with Gasteiger partial charge in [0.05, 0.1) is 13.2 Å². The molecule has 9 nitrogen and oxygen atoms in total. The summed E-state index contributed by atoms with van der Waals surface area (Å²) in [6.07, 6.45) is 35.4. The fourth-order valence-corrected chi connectivity index (χ4v) is 6.46. The normalized spacial score (nSPS) is 13.4. The van der Waals surface area contributed by atoms with Crippen LogP contribution in [0.1, 0.15) is 194 Å². The van der Waals surface area contributed by atoms with Crippen molar-refractivity contribution in [2.24, 2.45) is 0 Å². The Morgan fingerprint density at radius 3 is 1.54 bits per heavy atom. The summed E-state index contributed by atoms with van der Waals surface area (Å²) in [4.78, 5) is 34.9. The lowest BCUT2D eigenvalue weighted by molar-refractivity contribution is -0.161. The van der Waals surface area contributed by atoms with Gasteiger partial charge in [0.2, 0.25) is 0 Å². The van der Waals surface area contributed by atoms with E-state index in [4.69, 9.17) is 18.5 Å². The first-order valence-electron chi connectivity index (χ1n) is 20.6. The molecule has 0 aromatic heterocycles. The topological polar surface area (TPSA) is 120 Å². The van der Waals surface area contributed by atoms with Crippen LogP contribution in [0.3, 0.4) is 0 Å². The summed E-state index contributed by atoms with van der Waals surface area (Å²) in [5.41, 5.74) is 0. The third kappa shape index (κ3) is 36.5. The van der Waals surface area contributed by atoms with E-state index in [2.05, 4.69) is 31.3 Å². The van der Waals surface area contributed by atoms with Gasteiger partial charge in [0.1, 0.15) is 6.61 Å². The van der Waals surface area contributed by atoms with Crippen LogP contribution >= 0.6 is 7.82 Å². The maximum absolute atomic E-state index is 12.5. The fraction of sp³-hybridized carbons (Fsp3) is 0.900. The third-order valence-corrected chi connectivity index (χ3v) is 9.87. The molecule has 2 atom stereocenters. The van der Waals surface area contributed by atoms with Gasteiger partial charge in [-0.25, -0.2) is 4.57 Å². The molecular formula is C40H78NO8P. The molecule has 50 heavy (non-hydrogen) atoms. The van der Waals surface area contributed by atoms with Crippen molar-refractivity contribution in [2.45, 2.75) is 200 Å². The molecule has 296 valence electrons. The lowest BCUT2D eigenvalue weighted by Crippen LogP contribution is -2.29. The highest BCUT2D eigenvalue weighted by atomic mass is 31.2. The van der Waals surface area contributed by atoms with Crippen molar-refractivity contribution in [3.63, 3.8) is 0 Å². The predicted octanol–water partition coefficient (Wildman–Crippen LogP) is 11.3. The van der Waals surface area contributed by atoms with Gasteiger partial charge in [0, 0.05) is 19.4 Å². The molecule has 0 aliphatic heterocycles. The number of ether oxygens (including phenoxy) is 2. The van der Waals surface area contributed by atoms with Crippen molar-refractivity contribution in [1.29, 1.82) is 0 Å². The summed E-state index contributed by atoms with van der Waals surface area (Å²) in [6.45, 7) is 4.19. The second-order valence-corrected chi connectivity index (χ2v) is 15.3. The minimum absolute atomic E-state index is 0.0157. The van der Waals surface area contributed by atoms with Gasteiger partial charge in [0.15, 0.2) is 6.10 Å². The molecule has 0 fully saturated rings. The zero-order chi connectivity index (χ0) is 36.8. The molecule has 0 heterocycles. The lowest BCUT2D eigenvalue weighted by atomic mass is 10.0. The molecule has 0 bridgehead atoms. The van der Waals surface area contributed by atoms with E-state index in [1.165, 1.54) is 103 Å². The van der Waals surface area contributed by atoms with Gasteiger partial charge in [-0.05, 0) is 39.2 Å². The minimum Gasteiger partial charge on any atom is -0.462 e. The predicted molar refractivity (Wildman–Crippen MR) is 206 cm³/mol. The first kappa shape index (κ1) is 48.8. The minimum atomic E-state index is -4.34. The van der Waals surface area contributed by atoms with Crippen LogP contribution in [0.15, 0.2) is 12.2 Å². The largest absolute Gasteiger partial charge is 0.472 e. The molecule has 2 unspecified atom stereocenters. The highest BCUT2D eigenvalue weighted by Gasteiger charge is 2.26. The number of phosphoric ester groups is 1. The molecule has 0 spiro atoms. The average Bonchev–Trinajstić information content (AvgIpc) is 3.09. The third-order valence-electron chi connectivity index (χ3n) is 8.89. The van der Waals surface area contributed by atoms with Crippen LogP contribution in [0, 0.1) is 0 Å². The second-order valence-electron chi connectivity index (χ2n) is 13.8. The molecule has 0 rings (SSSR count). The van der Waals surface area contributed by atoms with Crippen molar-refractivity contribution in [1.82, 2.24) is 5.32 Å². The van der Waals surface area contributed by atoms with Crippen LogP contribution in [0.4, 0.5) is 0 Å². The molecule has 0 saturated carbocycles. The SMILES string of the molecule is CCCC/C=C\CCCCCCCC(=O)OC(COC(=O)CCCCCCCCCCCCCCCCCCC)COP(=O)(O)OCCNC. The maximum atomic E-state index is 12.5. The molecular weight excluding hydrogens is 653 g/mol. The molecule has 0 saturated heterocycles. The van der Waals surface area contributed by atoms with Gasteiger partial charge in [-0.2, -0.15) is 0 Å². The Bertz CT molecular complexity index is 840. The van der Waals surface area contributed by atoms with Gasteiger partial charge in [-0.3, -0.25) is 18.6 Å². The van der Waals surface area contributed by atoms with Crippen molar-refractivity contribution >= 4 is 19.8 Å². The number of carbonyl (C=O) groups is 2. The van der Waals surface area contributed by atoms with E-state index >= 15 is 0 Å². The summed E-state index contributed by atoms with van der Waals surface area (Å²) in [5, 5.41) is 2.82. The van der Waals surface area contributed by atoms with Crippen molar-refractivity contribution in [3.05, 3.63) is 12.2 Å². The van der Waals surface area contributed by atoms with Crippen LogP contribution < -0.4 is 5.32 Å². The van der Waals surface area contributed by atoms with Crippen molar-refractivity contribution < 1.29 is 37.6 Å². The number of carbonyl (C=O) groups excluding carboxylic acids is 2. The van der Waals surface area contributed by atoms with Gasteiger partial charge < -0.3 is 19.7 Å². The molecule has 0 aromatic carbocycles. The van der Waals surface area contributed by atoms with E-state index in [1.54, 1.807) is 7.05 Å². The quantitative estimate of drug-likeness (QED) is 0.0275. The van der Waals surface area contributed by atoms with Crippen molar-refractivity contribution in [2.75, 3.05) is 33.4 Å². The molecule has 10 heteroatoms. The second kappa shape index (κ2) is 37.5. The molecule has 0 radical (unpaired) electrons. The van der Waals surface area contributed by atoms with E-state index in [0.717, 1.165) is 57.8 Å². The molecule has 2 N–H and O–H groups in total. The monoisotopic (exact) mass is 732 g/mol. The highest BCUT2D eigenvalue weighted by molar-refractivity contribution is 7.47. The first-order chi connectivity index (χ1) is 24.3. The van der Waals surface area contributed by atoms with E-state index in [1.807, 2.05) is 0 Å². The highest BCUT2D eigenvalue weighted by Crippen LogP contribution is 2.43. The van der Waals surface area contributed by atoms with Gasteiger partial charge in [-0.1, -0.05) is 161 Å². The maximum Gasteiger partial charge on any atom is 0.472 e. The van der Waals surface area contributed by atoms with Crippen LogP contribution in [-0.4, -0.2) is 56.3 Å². The van der Waals surface area contributed by atoms with E-state index in [-0.39, 0.29) is 25.6 Å². The molecule has 0 aliphatic rings. The molecule has 0 aliphatic carbocycles. The zero-order valence-electron chi connectivity index (χ0n) is 32.6. The zero-order valence-corrected chi connectivity index (χ0v) is 33.5. The molecule has 0 aromatic rings. The van der Waals surface area contributed by atoms with Gasteiger partial charge in [-0.15, -0.1) is 0 Å². The number of nitrogens with one attached hydrogen (secondary N) is 1. The van der Waals surface area contributed by atoms with E-state index in [0.29, 0.717) is 19.4 Å². The Morgan fingerprint density at radius 2 is 1.04 bits per heavy atom. The number of hydrogen-bond acceptors (Lipinski definition) is 8. The van der Waals surface area contributed by atoms with Crippen LogP contribution in [-0.2, 0) is 32.7 Å². The van der Waals surface area contributed by atoms with E-state index < -0.39 is 26.5 Å². The lowest BCUT2D eigenvalue weighted by Gasteiger charge is -2.20. The van der Waals surface area contributed by atoms with Gasteiger partial charge >= 0.3 is 19.8 Å². The van der Waals surface area contributed by atoms with E-state index in [9.17, 15) is 19.0 Å². The van der Waals surface area contributed by atoms with Gasteiger partial charge in [0.25, 0.3) is 0 Å². The summed E-state index contributed by atoms with van der Waals surface area (Å²) in [7, 11) is -2.64. The summed E-state index contributed by atoms with van der Waals surface area (Å²) in [5.74, 6) is -0.810. The number of likely N-dealkylation sites (N-methyl/N-ethyl adjacent to an activating group) is 1. The molecule has 0 amide bonds. The van der Waals surface area contributed by atoms with Crippen LogP contribution in [0.25, 0.3) is 0 Å². The first-order valence-corrected chi connectivity index (χ1v) is 22.1. The smallest absolute Gasteiger partial charge is 0.462 e. The number of rotatable bonds is 39. The average molecular weight is 732 g/mol. The Balaban J connectivity index is 4.18. The summed E-state index contributed by atoms with van der Waals surface area (Å²) in [6, 6.07) is 0. The number of esters is 2. The van der Waals surface area contributed by atoms with Crippen molar-refractivity contribution in [3.8, 4) is 0 Å². The Labute approximate surface area is 307 Å². The Morgan fingerprint density at radius 1 is 0.600 bits per heavy atom. The summed E-state index contributed by atoms with van der Waals surface area (Å²) < 4.78 is 33.1. The fourth-order valence-electron chi connectivity index (χ4n) is 5.71. The number of phosphoric acid groups is 1. The Hall–Kier alpha value is -1.25.